The molecule has 0 spiro atoms. The van der Waals surface area contributed by atoms with Gasteiger partial charge in [-0.2, -0.15) is 13.2 Å². The zero-order chi connectivity index (χ0) is 22.0. The van der Waals surface area contributed by atoms with Crippen LogP contribution in [-0.2, 0) is 6.18 Å². The smallest absolute Gasteiger partial charge is 0.418 e. The Morgan fingerprint density at radius 3 is 2.45 bits per heavy atom. The number of fused-ring (bicyclic) bond motifs is 1. The number of urea groups is 1. The van der Waals surface area contributed by atoms with Gasteiger partial charge >= 0.3 is 17.9 Å². The molecular weight excluding hydrogens is 415 g/mol. The van der Waals surface area contributed by atoms with Crippen molar-refractivity contribution in [1.82, 2.24) is 15.0 Å². The Balaban J connectivity index is 1.44. The van der Waals surface area contributed by atoms with Crippen molar-refractivity contribution in [2.75, 3.05) is 10.6 Å². The van der Waals surface area contributed by atoms with E-state index in [0.717, 1.165) is 6.07 Å². The van der Waals surface area contributed by atoms with Crippen LogP contribution >= 0.6 is 0 Å². The van der Waals surface area contributed by atoms with Crippen molar-refractivity contribution in [3.8, 4) is 11.5 Å². The van der Waals surface area contributed by atoms with Crippen LogP contribution in [0.3, 0.4) is 0 Å². The van der Waals surface area contributed by atoms with Crippen LogP contribution in [0.25, 0.3) is 11.2 Å². The fraction of sp³-hybridized carbons (Fsp3) is 0.0500. The summed E-state index contributed by atoms with van der Waals surface area (Å²) in [5, 5.41) is 4.65. The van der Waals surface area contributed by atoms with Gasteiger partial charge in [0.05, 0.1) is 11.3 Å². The predicted molar refractivity (Wildman–Crippen MR) is 107 cm³/mol. The van der Waals surface area contributed by atoms with Crippen molar-refractivity contribution < 1.29 is 22.7 Å². The molecule has 31 heavy (non-hydrogen) atoms. The molecule has 0 aliphatic carbocycles. The number of amides is 2. The van der Waals surface area contributed by atoms with Gasteiger partial charge in [0.2, 0.25) is 0 Å². The third kappa shape index (κ3) is 4.50. The topological polar surface area (TPSA) is 112 Å². The Labute approximate surface area is 172 Å². The van der Waals surface area contributed by atoms with Crippen LogP contribution in [-0.4, -0.2) is 21.0 Å². The van der Waals surface area contributed by atoms with Crippen molar-refractivity contribution >= 4 is 28.6 Å². The second-order valence-corrected chi connectivity index (χ2v) is 6.36. The molecule has 0 radical (unpaired) electrons. The largest absolute Gasteiger partial charge is 0.455 e. The molecule has 0 fully saturated rings. The summed E-state index contributed by atoms with van der Waals surface area (Å²) in [7, 11) is 0. The number of ether oxygens (including phenoxy) is 1. The maximum atomic E-state index is 13.0. The number of pyridine rings is 1. The summed E-state index contributed by atoms with van der Waals surface area (Å²) in [6.45, 7) is 0. The number of anilines is 2. The molecule has 4 N–H and O–H groups in total. The minimum Gasteiger partial charge on any atom is -0.455 e. The lowest BCUT2D eigenvalue weighted by atomic mass is 10.1. The summed E-state index contributed by atoms with van der Waals surface area (Å²) in [6.07, 6.45) is -3.12. The molecule has 4 aromatic rings. The average Bonchev–Trinajstić information content (AvgIpc) is 3.10. The number of halogens is 3. The van der Waals surface area contributed by atoms with E-state index in [0.29, 0.717) is 28.4 Å². The van der Waals surface area contributed by atoms with Crippen molar-refractivity contribution in [3.63, 3.8) is 0 Å². The number of carbonyl (C=O) groups is 1. The molecule has 2 aromatic heterocycles. The monoisotopic (exact) mass is 429 g/mol. The van der Waals surface area contributed by atoms with E-state index < -0.39 is 23.5 Å². The van der Waals surface area contributed by atoms with E-state index >= 15 is 0 Å². The number of hydrogen-bond donors (Lipinski definition) is 4. The number of imidazole rings is 1. The van der Waals surface area contributed by atoms with Gasteiger partial charge in [0, 0.05) is 18.0 Å². The number of alkyl halides is 3. The van der Waals surface area contributed by atoms with Crippen molar-refractivity contribution in [1.29, 1.82) is 0 Å². The lowest BCUT2D eigenvalue weighted by molar-refractivity contribution is -0.136. The molecule has 0 aliphatic rings. The van der Waals surface area contributed by atoms with Crippen LogP contribution in [0.1, 0.15) is 5.56 Å². The number of H-pyrrole nitrogens is 2. The summed E-state index contributed by atoms with van der Waals surface area (Å²) >= 11 is 0. The predicted octanol–water partition coefficient (Wildman–Crippen LogP) is 4.71. The highest BCUT2D eigenvalue weighted by Gasteiger charge is 2.33. The van der Waals surface area contributed by atoms with Crippen molar-refractivity contribution in [2.45, 2.75) is 6.18 Å². The number of aromatic nitrogens is 3. The number of rotatable bonds is 4. The first kappa shape index (κ1) is 20.0. The molecule has 8 nitrogen and oxygen atoms in total. The van der Waals surface area contributed by atoms with E-state index in [1.54, 1.807) is 18.2 Å². The number of carbonyl (C=O) groups excluding carboxylic acids is 1. The molecule has 0 unspecified atom stereocenters. The molecule has 2 aromatic carbocycles. The first-order chi connectivity index (χ1) is 14.8. The summed E-state index contributed by atoms with van der Waals surface area (Å²) in [5.74, 6) is 0.772. The van der Waals surface area contributed by atoms with Gasteiger partial charge in [-0.1, -0.05) is 12.1 Å². The van der Waals surface area contributed by atoms with Crippen LogP contribution in [0, 0.1) is 0 Å². The molecule has 0 saturated carbocycles. The minimum absolute atomic E-state index is 0.337. The molecule has 0 saturated heterocycles. The summed E-state index contributed by atoms with van der Waals surface area (Å²) in [6, 6.07) is 11.6. The Kier molecular flexibility index (Phi) is 5.07. The number of benzene rings is 2. The van der Waals surface area contributed by atoms with Gasteiger partial charge in [-0.05, 0) is 36.4 Å². The minimum atomic E-state index is -4.59. The second kappa shape index (κ2) is 7.86. The van der Waals surface area contributed by atoms with Gasteiger partial charge in [-0.15, -0.1) is 0 Å². The van der Waals surface area contributed by atoms with E-state index in [2.05, 4.69) is 25.6 Å². The molecule has 0 aliphatic heterocycles. The Morgan fingerprint density at radius 1 is 0.968 bits per heavy atom. The van der Waals surface area contributed by atoms with E-state index in [-0.39, 0.29) is 5.69 Å². The fourth-order valence-electron chi connectivity index (χ4n) is 2.85. The quantitative estimate of drug-likeness (QED) is 0.377. The third-order valence-corrected chi connectivity index (χ3v) is 4.20. The van der Waals surface area contributed by atoms with Gasteiger partial charge in [-0.3, -0.25) is 4.98 Å². The highest BCUT2D eigenvalue weighted by molar-refractivity contribution is 6.00. The SMILES string of the molecule is O=C(Nc1ccc(Oc2ccnc3[nH]c(=O)[nH]c23)cc1)Nc1ccccc1C(F)(F)F. The highest BCUT2D eigenvalue weighted by Crippen LogP contribution is 2.34. The van der Waals surface area contributed by atoms with Crippen LogP contribution in [0.2, 0.25) is 0 Å². The zero-order valence-electron chi connectivity index (χ0n) is 15.6. The van der Waals surface area contributed by atoms with Crippen LogP contribution in [0.5, 0.6) is 11.5 Å². The van der Waals surface area contributed by atoms with Crippen LogP contribution in [0.15, 0.2) is 65.6 Å². The highest BCUT2D eigenvalue weighted by atomic mass is 19.4. The first-order valence-electron chi connectivity index (χ1n) is 8.89. The van der Waals surface area contributed by atoms with Crippen LogP contribution in [0.4, 0.5) is 29.3 Å². The average molecular weight is 429 g/mol. The molecule has 11 heteroatoms. The number of hydrogen-bond acceptors (Lipinski definition) is 4. The van der Waals surface area contributed by atoms with Gasteiger partial charge in [0.1, 0.15) is 11.3 Å². The Morgan fingerprint density at radius 2 is 1.71 bits per heavy atom. The maximum absolute atomic E-state index is 13.0. The number of para-hydroxylation sites is 1. The number of nitrogens with zero attached hydrogens (tertiary/aromatic N) is 1. The van der Waals surface area contributed by atoms with E-state index in [9.17, 15) is 22.8 Å². The van der Waals surface area contributed by atoms with Crippen LogP contribution < -0.4 is 21.1 Å². The molecule has 0 bridgehead atoms. The number of nitrogens with one attached hydrogen (secondary N) is 4. The maximum Gasteiger partial charge on any atom is 0.418 e. The lowest BCUT2D eigenvalue weighted by Gasteiger charge is -2.14. The molecule has 0 atom stereocenters. The molecule has 4 rings (SSSR count). The first-order valence-corrected chi connectivity index (χ1v) is 8.89. The summed E-state index contributed by atoms with van der Waals surface area (Å²) in [4.78, 5) is 32.7. The normalized spacial score (nSPS) is 11.3. The molecular formula is C20H14F3N5O3. The molecule has 158 valence electrons. The summed E-state index contributed by atoms with van der Waals surface area (Å²) < 4.78 is 44.8. The number of aromatic amines is 2. The standard InChI is InChI=1S/C20H14F3N5O3/c21-20(22,23)13-3-1-2-4-14(13)26-18(29)25-11-5-7-12(8-6-11)31-15-9-10-24-17-16(15)27-19(30)28-17/h1-10H,(H2,25,26,29)(H2,24,27,28,30). The van der Waals surface area contributed by atoms with E-state index in [1.807, 2.05) is 0 Å². The Bertz CT molecular complexity index is 1300. The van der Waals surface area contributed by atoms with Gasteiger partial charge < -0.3 is 20.4 Å². The molecule has 2 amide bonds. The fourth-order valence-corrected chi connectivity index (χ4v) is 2.85. The van der Waals surface area contributed by atoms with Crippen molar-refractivity contribution in [3.05, 3.63) is 76.8 Å². The summed E-state index contributed by atoms with van der Waals surface area (Å²) in [5.41, 5.74) is -0.635. The van der Waals surface area contributed by atoms with E-state index in [4.69, 9.17) is 4.74 Å². The van der Waals surface area contributed by atoms with Gasteiger partial charge in [-0.25, -0.2) is 14.6 Å². The lowest BCUT2D eigenvalue weighted by Crippen LogP contribution is -2.21. The second-order valence-electron chi connectivity index (χ2n) is 6.36. The van der Waals surface area contributed by atoms with Gasteiger partial charge in [0.15, 0.2) is 11.4 Å². The van der Waals surface area contributed by atoms with Gasteiger partial charge in [0.25, 0.3) is 0 Å². The molecule has 2 heterocycles. The third-order valence-electron chi connectivity index (χ3n) is 4.20. The Hall–Kier alpha value is -4.28. The van der Waals surface area contributed by atoms with E-state index in [1.165, 1.54) is 36.5 Å². The van der Waals surface area contributed by atoms with Crippen molar-refractivity contribution in [2.24, 2.45) is 0 Å². The zero-order valence-corrected chi connectivity index (χ0v) is 15.6.